The quantitative estimate of drug-likeness (QED) is 0.742. The lowest BCUT2D eigenvalue weighted by Crippen LogP contribution is -2.39. The Kier molecular flexibility index (Phi) is 6.40. The van der Waals surface area contributed by atoms with Crippen LogP contribution in [0.3, 0.4) is 0 Å². The third-order valence-corrected chi connectivity index (χ3v) is 5.94. The lowest BCUT2D eigenvalue weighted by Gasteiger charge is -2.29. The first-order chi connectivity index (χ1) is 11.4. The molecular formula is C18H28N2O3S. The fourth-order valence-electron chi connectivity index (χ4n) is 2.52. The zero-order valence-corrected chi connectivity index (χ0v) is 15.6. The van der Waals surface area contributed by atoms with Gasteiger partial charge in [0, 0.05) is 24.2 Å². The van der Waals surface area contributed by atoms with Gasteiger partial charge in [-0.25, -0.2) is 13.1 Å². The maximum Gasteiger partial charge on any atom is 0.254 e. The summed E-state index contributed by atoms with van der Waals surface area (Å²) in [5.41, 5.74) is 0.435. The number of carbonyl (C=O) groups is 1. The van der Waals surface area contributed by atoms with Crippen LogP contribution in [0, 0.1) is 0 Å². The minimum Gasteiger partial charge on any atom is -0.336 e. The molecular weight excluding hydrogens is 324 g/mol. The number of hydrogen-bond donors (Lipinski definition) is 1. The van der Waals surface area contributed by atoms with E-state index in [1.807, 2.05) is 11.8 Å². The Hall–Kier alpha value is -1.40. The summed E-state index contributed by atoms with van der Waals surface area (Å²) in [6, 6.07) is 6.56. The Morgan fingerprint density at radius 2 is 2.04 bits per heavy atom. The predicted octanol–water partition coefficient (Wildman–Crippen LogP) is 3.17. The van der Waals surface area contributed by atoms with Gasteiger partial charge in [0.15, 0.2) is 0 Å². The van der Waals surface area contributed by atoms with Gasteiger partial charge in [0.25, 0.3) is 5.91 Å². The van der Waals surface area contributed by atoms with Crippen molar-refractivity contribution in [3.8, 4) is 0 Å². The molecule has 24 heavy (non-hydrogen) atoms. The molecule has 0 aliphatic heterocycles. The van der Waals surface area contributed by atoms with E-state index in [-0.39, 0.29) is 22.9 Å². The lowest BCUT2D eigenvalue weighted by molar-refractivity contribution is 0.0685. The van der Waals surface area contributed by atoms with Crippen molar-refractivity contribution < 1.29 is 13.2 Å². The Balaban J connectivity index is 2.23. The second kappa shape index (κ2) is 8.12. The fraction of sp³-hybridized carbons (Fsp3) is 0.611. The van der Waals surface area contributed by atoms with Crippen LogP contribution in [-0.4, -0.2) is 37.9 Å². The van der Waals surface area contributed by atoms with Crippen LogP contribution in [0.1, 0.15) is 63.2 Å². The molecule has 1 atom stereocenters. The number of rotatable bonds is 9. The standard InChI is InChI=1S/C18H28N2O3S/c1-4-6-12-20(14(3)5-2)18(21)15-8-7-9-17(13-15)24(22,23)19-16-10-11-16/h7-9,13-14,16,19H,4-6,10-12H2,1-3H3. The summed E-state index contributed by atoms with van der Waals surface area (Å²) in [5, 5.41) is 0. The maximum absolute atomic E-state index is 12.9. The number of amides is 1. The minimum absolute atomic E-state index is 0.0514. The van der Waals surface area contributed by atoms with Gasteiger partial charge >= 0.3 is 0 Å². The molecule has 5 nitrogen and oxygen atoms in total. The summed E-state index contributed by atoms with van der Waals surface area (Å²) in [6.45, 7) is 6.87. The second-order valence-corrected chi connectivity index (χ2v) is 8.25. The van der Waals surface area contributed by atoms with Gasteiger partial charge < -0.3 is 4.90 Å². The number of unbranched alkanes of at least 4 members (excludes halogenated alkanes) is 1. The van der Waals surface area contributed by atoms with Gasteiger partial charge in [-0.2, -0.15) is 0 Å². The van der Waals surface area contributed by atoms with E-state index in [1.165, 1.54) is 6.07 Å². The normalized spacial score (nSPS) is 16.0. The first kappa shape index (κ1) is 18.9. The number of carbonyl (C=O) groups excluding carboxylic acids is 1. The van der Waals surface area contributed by atoms with Gasteiger partial charge in [0.2, 0.25) is 10.0 Å². The molecule has 0 radical (unpaired) electrons. The first-order valence-corrected chi connectivity index (χ1v) is 10.3. The van der Waals surface area contributed by atoms with Crippen LogP contribution in [-0.2, 0) is 10.0 Å². The van der Waals surface area contributed by atoms with E-state index in [9.17, 15) is 13.2 Å². The number of benzene rings is 1. The molecule has 1 unspecified atom stereocenters. The van der Waals surface area contributed by atoms with Crippen LogP contribution in [0.15, 0.2) is 29.2 Å². The third-order valence-electron chi connectivity index (χ3n) is 4.43. The summed E-state index contributed by atoms with van der Waals surface area (Å²) in [5.74, 6) is -0.0960. The number of hydrogen-bond acceptors (Lipinski definition) is 3. The smallest absolute Gasteiger partial charge is 0.254 e. The topological polar surface area (TPSA) is 66.5 Å². The summed E-state index contributed by atoms with van der Waals surface area (Å²) >= 11 is 0. The minimum atomic E-state index is -3.54. The van der Waals surface area contributed by atoms with Crippen LogP contribution in [0.4, 0.5) is 0 Å². The lowest BCUT2D eigenvalue weighted by atomic mass is 10.1. The monoisotopic (exact) mass is 352 g/mol. The highest BCUT2D eigenvalue weighted by atomic mass is 32.2. The molecule has 1 amide bonds. The van der Waals surface area contributed by atoms with Crippen LogP contribution in [0.25, 0.3) is 0 Å². The van der Waals surface area contributed by atoms with E-state index in [2.05, 4.69) is 18.6 Å². The third kappa shape index (κ3) is 4.80. The maximum atomic E-state index is 12.9. The average Bonchev–Trinajstić information content (AvgIpc) is 3.38. The molecule has 1 aliphatic carbocycles. The molecule has 1 aromatic rings. The average molecular weight is 353 g/mol. The van der Waals surface area contributed by atoms with Crippen molar-refractivity contribution in [2.45, 2.75) is 69.9 Å². The van der Waals surface area contributed by atoms with Crippen molar-refractivity contribution in [1.29, 1.82) is 0 Å². The van der Waals surface area contributed by atoms with Gasteiger partial charge in [0.1, 0.15) is 0 Å². The molecule has 6 heteroatoms. The zero-order valence-electron chi connectivity index (χ0n) is 14.8. The van der Waals surface area contributed by atoms with E-state index in [0.717, 1.165) is 32.1 Å². The molecule has 0 heterocycles. The van der Waals surface area contributed by atoms with Gasteiger partial charge in [-0.3, -0.25) is 4.79 Å². The van der Waals surface area contributed by atoms with E-state index >= 15 is 0 Å². The van der Waals surface area contributed by atoms with Crippen LogP contribution in [0.2, 0.25) is 0 Å². The molecule has 0 spiro atoms. The molecule has 134 valence electrons. The van der Waals surface area contributed by atoms with Gasteiger partial charge in [-0.05, 0) is 50.8 Å². The Morgan fingerprint density at radius 1 is 1.33 bits per heavy atom. The highest BCUT2D eigenvalue weighted by molar-refractivity contribution is 7.89. The predicted molar refractivity (Wildman–Crippen MR) is 95.5 cm³/mol. The second-order valence-electron chi connectivity index (χ2n) is 6.53. The molecule has 1 aliphatic rings. The van der Waals surface area contributed by atoms with Crippen molar-refractivity contribution >= 4 is 15.9 Å². The Morgan fingerprint density at radius 3 is 2.62 bits per heavy atom. The number of nitrogens with zero attached hydrogens (tertiary/aromatic N) is 1. The van der Waals surface area contributed by atoms with Gasteiger partial charge in [0.05, 0.1) is 4.90 Å². The fourth-order valence-corrected chi connectivity index (χ4v) is 3.87. The van der Waals surface area contributed by atoms with Gasteiger partial charge in [-0.1, -0.05) is 26.3 Å². The summed E-state index contributed by atoms with van der Waals surface area (Å²) in [7, 11) is -3.54. The molecule has 2 rings (SSSR count). The van der Waals surface area contributed by atoms with Crippen molar-refractivity contribution in [1.82, 2.24) is 9.62 Å². The van der Waals surface area contributed by atoms with E-state index in [1.54, 1.807) is 18.2 Å². The van der Waals surface area contributed by atoms with E-state index in [0.29, 0.717) is 12.1 Å². The largest absolute Gasteiger partial charge is 0.336 e. The molecule has 1 fully saturated rings. The van der Waals surface area contributed by atoms with Gasteiger partial charge in [-0.15, -0.1) is 0 Å². The molecule has 1 aromatic carbocycles. The highest BCUT2D eigenvalue weighted by Gasteiger charge is 2.28. The summed E-state index contributed by atoms with van der Waals surface area (Å²) in [6.07, 6.45) is 4.60. The molecule has 1 N–H and O–H groups in total. The number of nitrogens with one attached hydrogen (secondary N) is 1. The van der Waals surface area contributed by atoms with E-state index < -0.39 is 10.0 Å². The molecule has 0 saturated heterocycles. The van der Waals surface area contributed by atoms with Crippen LogP contribution < -0.4 is 4.72 Å². The van der Waals surface area contributed by atoms with E-state index in [4.69, 9.17) is 0 Å². The first-order valence-electron chi connectivity index (χ1n) is 8.82. The molecule has 0 bridgehead atoms. The zero-order chi connectivity index (χ0) is 17.7. The summed E-state index contributed by atoms with van der Waals surface area (Å²) in [4.78, 5) is 14.9. The van der Waals surface area contributed by atoms with Crippen molar-refractivity contribution in [2.75, 3.05) is 6.54 Å². The van der Waals surface area contributed by atoms with Crippen molar-refractivity contribution in [3.05, 3.63) is 29.8 Å². The Bertz CT molecular complexity index is 669. The van der Waals surface area contributed by atoms with Crippen molar-refractivity contribution in [2.24, 2.45) is 0 Å². The molecule has 1 saturated carbocycles. The number of sulfonamides is 1. The highest BCUT2D eigenvalue weighted by Crippen LogP contribution is 2.23. The van der Waals surface area contributed by atoms with Crippen molar-refractivity contribution in [3.63, 3.8) is 0 Å². The summed E-state index contributed by atoms with van der Waals surface area (Å²) < 4.78 is 27.4. The van der Waals surface area contributed by atoms with Crippen LogP contribution in [0.5, 0.6) is 0 Å². The SMILES string of the molecule is CCCCN(C(=O)c1cccc(S(=O)(=O)NC2CC2)c1)C(C)CC. The van der Waals surface area contributed by atoms with Crippen LogP contribution >= 0.6 is 0 Å². The Labute approximate surface area is 145 Å². The molecule has 0 aromatic heterocycles.